The Kier molecular flexibility index (Phi) is 4.15. The molecule has 0 saturated carbocycles. The third-order valence-corrected chi connectivity index (χ3v) is 4.08. The summed E-state index contributed by atoms with van der Waals surface area (Å²) in [6, 6.07) is 7.10. The van der Waals surface area contributed by atoms with E-state index in [0.29, 0.717) is 0 Å². The molecule has 0 spiro atoms. The van der Waals surface area contributed by atoms with Crippen molar-refractivity contribution in [3.05, 3.63) is 64.7 Å². The molecule has 0 unspecified atom stereocenters. The highest BCUT2D eigenvalue weighted by Gasteiger charge is 2.39. The lowest BCUT2D eigenvalue weighted by Crippen LogP contribution is -2.31. The van der Waals surface area contributed by atoms with E-state index in [-0.39, 0.29) is 22.6 Å². The topological polar surface area (TPSA) is 74.7 Å². The maximum absolute atomic E-state index is 14.0. The van der Waals surface area contributed by atoms with E-state index in [4.69, 9.17) is 0 Å². The lowest BCUT2D eigenvalue weighted by molar-refractivity contribution is -0.122. The predicted octanol–water partition coefficient (Wildman–Crippen LogP) is 3.49. The summed E-state index contributed by atoms with van der Waals surface area (Å²) in [5.74, 6) is -4.92. The van der Waals surface area contributed by atoms with Gasteiger partial charge in [-0.15, -0.1) is 0 Å². The van der Waals surface area contributed by atoms with Crippen LogP contribution in [-0.2, 0) is 9.59 Å². The molecule has 3 rings (SSSR count). The van der Waals surface area contributed by atoms with E-state index in [1.807, 2.05) is 0 Å². The minimum Gasteiger partial charge on any atom is -0.506 e. The molecule has 0 radical (unpaired) electrons. The van der Waals surface area contributed by atoms with Crippen molar-refractivity contribution in [2.45, 2.75) is 13.8 Å². The summed E-state index contributed by atoms with van der Waals surface area (Å²) in [5.41, 5.74) is -0.812. The summed E-state index contributed by atoms with van der Waals surface area (Å²) in [7, 11) is 0. The van der Waals surface area contributed by atoms with Gasteiger partial charge in [0.05, 0.1) is 16.8 Å². The van der Waals surface area contributed by atoms with Crippen LogP contribution in [0.5, 0.6) is 0 Å². The lowest BCUT2D eigenvalue weighted by atomic mass is 9.98. The number of hydrogen-bond acceptors (Lipinski definition) is 4. The molecule has 26 heavy (non-hydrogen) atoms. The van der Waals surface area contributed by atoms with Gasteiger partial charge in [0.1, 0.15) is 17.4 Å². The van der Waals surface area contributed by atoms with Crippen LogP contribution in [0.4, 0.5) is 14.5 Å². The first-order valence-corrected chi connectivity index (χ1v) is 7.62. The molecule has 1 N–H and O–H groups in total. The standard InChI is InChI=1S/C19H13F2NO4/c1-9(23)11-6-7-15-12(8-11)16(19(26)22(15)10(2)24)18(25)17-13(20)4-3-5-14(17)21/h3-8,25H,1-2H3/b18-16-. The Balaban J connectivity index is 2.35. The molecule has 132 valence electrons. The fourth-order valence-corrected chi connectivity index (χ4v) is 2.88. The van der Waals surface area contributed by atoms with Crippen LogP contribution >= 0.6 is 0 Å². The smallest absolute Gasteiger partial charge is 0.269 e. The summed E-state index contributed by atoms with van der Waals surface area (Å²) in [6.45, 7) is 2.45. The minimum absolute atomic E-state index is 0.0538. The number of aliphatic hydroxyl groups excluding tert-OH is 1. The molecule has 0 saturated heterocycles. The van der Waals surface area contributed by atoms with E-state index in [9.17, 15) is 28.3 Å². The minimum atomic E-state index is -1.06. The number of hydrogen-bond donors (Lipinski definition) is 1. The number of fused-ring (bicyclic) bond motifs is 1. The van der Waals surface area contributed by atoms with Crippen LogP contribution in [0.25, 0.3) is 11.3 Å². The van der Waals surface area contributed by atoms with Crippen molar-refractivity contribution in [3.63, 3.8) is 0 Å². The molecule has 2 amide bonds. The zero-order valence-corrected chi connectivity index (χ0v) is 13.8. The van der Waals surface area contributed by atoms with Crippen molar-refractivity contribution in [1.82, 2.24) is 0 Å². The fraction of sp³-hybridized carbons (Fsp3) is 0.105. The number of carbonyl (C=O) groups is 3. The van der Waals surface area contributed by atoms with Gasteiger partial charge in [-0.2, -0.15) is 0 Å². The Morgan fingerprint density at radius 2 is 1.65 bits per heavy atom. The number of ketones is 1. The van der Waals surface area contributed by atoms with E-state index in [1.54, 1.807) is 0 Å². The van der Waals surface area contributed by atoms with Gasteiger partial charge in [0.2, 0.25) is 5.91 Å². The van der Waals surface area contributed by atoms with Gasteiger partial charge >= 0.3 is 0 Å². The van der Waals surface area contributed by atoms with Crippen molar-refractivity contribution < 1.29 is 28.3 Å². The van der Waals surface area contributed by atoms with Crippen LogP contribution < -0.4 is 4.90 Å². The highest BCUT2D eigenvalue weighted by atomic mass is 19.1. The molecule has 0 aromatic heterocycles. The van der Waals surface area contributed by atoms with Gasteiger partial charge in [0, 0.05) is 18.1 Å². The van der Waals surface area contributed by atoms with E-state index < -0.39 is 40.3 Å². The van der Waals surface area contributed by atoms with E-state index in [1.165, 1.54) is 25.1 Å². The second-order valence-electron chi connectivity index (χ2n) is 5.77. The Bertz CT molecular complexity index is 990. The maximum atomic E-state index is 14.0. The van der Waals surface area contributed by atoms with Crippen molar-refractivity contribution in [2.24, 2.45) is 0 Å². The molecule has 1 heterocycles. The van der Waals surface area contributed by atoms with Crippen LogP contribution in [-0.4, -0.2) is 22.7 Å². The second kappa shape index (κ2) is 6.18. The average molecular weight is 357 g/mol. The van der Waals surface area contributed by atoms with E-state index in [2.05, 4.69) is 0 Å². The van der Waals surface area contributed by atoms with Crippen molar-refractivity contribution in [3.8, 4) is 0 Å². The zero-order valence-electron chi connectivity index (χ0n) is 13.8. The summed E-state index contributed by atoms with van der Waals surface area (Å²) in [4.78, 5) is 37.0. The monoisotopic (exact) mass is 357 g/mol. The molecule has 1 aliphatic rings. The number of nitrogens with zero attached hydrogens (tertiary/aromatic N) is 1. The predicted molar refractivity (Wildman–Crippen MR) is 90.4 cm³/mol. The number of benzene rings is 2. The Labute approximate surface area is 147 Å². The van der Waals surface area contributed by atoms with E-state index >= 15 is 0 Å². The largest absolute Gasteiger partial charge is 0.506 e. The Morgan fingerprint density at radius 3 is 2.19 bits per heavy atom. The first kappa shape index (κ1) is 17.5. The molecule has 2 aromatic carbocycles. The molecule has 5 nitrogen and oxygen atoms in total. The zero-order chi connectivity index (χ0) is 19.2. The molecule has 0 bridgehead atoms. The molecule has 0 atom stereocenters. The van der Waals surface area contributed by atoms with Crippen LogP contribution in [0.2, 0.25) is 0 Å². The van der Waals surface area contributed by atoms with Gasteiger partial charge in [0.25, 0.3) is 5.91 Å². The number of imide groups is 1. The number of rotatable bonds is 2. The number of aliphatic hydroxyl groups is 1. The third-order valence-electron chi connectivity index (χ3n) is 4.08. The molecular weight excluding hydrogens is 344 g/mol. The summed E-state index contributed by atoms with van der Waals surface area (Å²) in [5, 5.41) is 10.5. The van der Waals surface area contributed by atoms with Gasteiger partial charge in [0.15, 0.2) is 5.78 Å². The SMILES string of the molecule is CC(=O)c1ccc2c(c1)/C(=C(/O)c1c(F)cccc1F)C(=O)N2C(C)=O. The van der Waals surface area contributed by atoms with Crippen molar-refractivity contribution in [1.29, 1.82) is 0 Å². The summed E-state index contributed by atoms with van der Waals surface area (Å²) < 4.78 is 28.1. The maximum Gasteiger partial charge on any atom is 0.269 e. The quantitative estimate of drug-likeness (QED) is 0.507. The normalized spacial score (nSPS) is 15.1. The van der Waals surface area contributed by atoms with Gasteiger partial charge in [-0.25, -0.2) is 13.7 Å². The number of amides is 2. The second-order valence-corrected chi connectivity index (χ2v) is 5.77. The van der Waals surface area contributed by atoms with Gasteiger partial charge in [-0.3, -0.25) is 14.4 Å². The van der Waals surface area contributed by atoms with Crippen LogP contribution in [0.3, 0.4) is 0 Å². The molecular formula is C19H13F2NO4. The first-order valence-electron chi connectivity index (χ1n) is 7.62. The molecule has 0 fully saturated rings. The number of Topliss-reactive ketones (excluding diaryl/α,β-unsaturated/α-hetero) is 1. The Hall–Kier alpha value is -3.35. The van der Waals surface area contributed by atoms with Crippen LogP contribution in [0.15, 0.2) is 36.4 Å². The Morgan fingerprint density at radius 1 is 1.04 bits per heavy atom. The molecule has 0 aliphatic carbocycles. The summed E-state index contributed by atoms with van der Waals surface area (Å²) >= 11 is 0. The van der Waals surface area contributed by atoms with Crippen LogP contribution in [0.1, 0.15) is 35.3 Å². The highest BCUT2D eigenvalue weighted by Crippen LogP contribution is 2.41. The summed E-state index contributed by atoms with van der Waals surface area (Å²) in [6.07, 6.45) is 0. The van der Waals surface area contributed by atoms with Gasteiger partial charge in [-0.05, 0) is 37.3 Å². The molecule has 2 aromatic rings. The van der Waals surface area contributed by atoms with Gasteiger partial charge in [-0.1, -0.05) is 6.07 Å². The van der Waals surface area contributed by atoms with Crippen LogP contribution in [0, 0.1) is 11.6 Å². The third kappa shape index (κ3) is 2.57. The van der Waals surface area contributed by atoms with E-state index in [0.717, 1.165) is 30.0 Å². The lowest BCUT2D eigenvalue weighted by Gasteiger charge is -2.12. The van der Waals surface area contributed by atoms with Gasteiger partial charge < -0.3 is 5.11 Å². The fourth-order valence-electron chi connectivity index (χ4n) is 2.88. The highest BCUT2D eigenvalue weighted by molar-refractivity contribution is 6.43. The van der Waals surface area contributed by atoms with Crippen molar-refractivity contribution >= 4 is 34.6 Å². The average Bonchev–Trinajstić information content (AvgIpc) is 2.85. The molecule has 1 aliphatic heterocycles. The number of anilines is 1. The number of halogens is 2. The first-order chi connectivity index (χ1) is 12.2. The molecule has 7 heteroatoms. The number of carbonyl (C=O) groups excluding carboxylic acids is 3. The van der Waals surface area contributed by atoms with Crippen molar-refractivity contribution in [2.75, 3.05) is 4.90 Å².